The van der Waals surface area contributed by atoms with E-state index in [0.717, 1.165) is 37.3 Å². The number of benzene rings is 1. The molecule has 0 spiro atoms. The van der Waals surface area contributed by atoms with Gasteiger partial charge in [0, 0.05) is 24.8 Å². The van der Waals surface area contributed by atoms with Gasteiger partial charge in [0.05, 0.1) is 0 Å². The Balaban J connectivity index is 1.55. The van der Waals surface area contributed by atoms with Gasteiger partial charge in [-0.2, -0.15) is 15.4 Å². The molecule has 2 N–H and O–H groups in total. The highest BCUT2D eigenvalue weighted by molar-refractivity contribution is 6.03. The number of hydrogen-bond acceptors (Lipinski definition) is 6. The summed E-state index contributed by atoms with van der Waals surface area (Å²) in [5.74, 6) is 0.533. The molecule has 1 amide bonds. The van der Waals surface area contributed by atoms with Gasteiger partial charge in [-0.25, -0.2) is 9.97 Å². The Bertz CT molecular complexity index is 854. The fourth-order valence-electron chi connectivity index (χ4n) is 2.70. The van der Waals surface area contributed by atoms with Gasteiger partial charge in [0.25, 0.3) is 5.91 Å². The van der Waals surface area contributed by atoms with Crippen LogP contribution in [0.3, 0.4) is 0 Å². The third kappa shape index (κ3) is 2.70. The van der Waals surface area contributed by atoms with Crippen LogP contribution in [-0.2, 0) is 0 Å². The SMILES string of the molecule is O=C(Nc1ccc2n[nH]nc2c1)c1cc(N2CCCC2)ncn1. The van der Waals surface area contributed by atoms with Crippen LogP contribution in [0.1, 0.15) is 23.3 Å². The zero-order chi connectivity index (χ0) is 15.6. The van der Waals surface area contributed by atoms with E-state index in [1.165, 1.54) is 6.33 Å². The van der Waals surface area contributed by atoms with Crippen molar-refractivity contribution in [2.45, 2.75) is 12.8 Å². The molecule has 0 atom stereocenters. The van der Waals surface area contributed by atoms with Gasteiger partial charge in [-0.1, -0.05) is 0 Å². The molecular weight excluding hydrogens is 294 g/mol. The molecule has 23 heavy (non-hydrogen) atoms. The number of aromatic nitrogens is 5. The Morgan fingerprint density at radius 2 is 1.91 bits per heavy atom. The molecule has 3 aromatic rings. The summed E-state index contributed by atoms with van der Waals surface area (Å²) in [4.78, 5) is 22.9. The molecule has 1 fully saturated rings. The normalized spacial score (nSPS) is 14.3. The zero-order valence-corrected chi connectivity index (χ0v) is 12.4. The molecule has 1 aliphatic rings. The number of carbonyl (C=O) groups is 1. The number of anilines is 2. The molecular formula is C15H15N7O. The van der Waals surface area contributed by atoms with Crippen molar-refractivity contribution in [3.05, 3.63) is 36.3 Å². The predicted octanol–water partition coefficient (Wildman–Crippen LogP) is 1.60. The molecule has 0 radical (unpaired) electrons. The Kier molecular flexibility index (Phi) is 3.34. The maximum absolute atomic E-state index is 12.4. The van der Waals surface area contributed by atoms with E-state index in [-0.39, 0.29) is 5.91 Å². The van der Waals surface area contributed by atoms with E-state index in [2.05, 4.69) is 35.6 Å². The molecule has 8 nitrogen and oxygen atoms in total. The van der Waals surface area contributed by atoms with Crippen molar-refractivity contribution < 1.29 is 4.79 Å². The second-order valence-corrected chi connectivity index (χ2v) is 5.44. The molecule has 0 aliphatic carbocycles. The van der Waals surface area contributed by atoms with Gasteiger partial charge in [-0.05, 0) is 31.0 Å². The number of rotatable bonds is 3. The molecule has 0 bridgehead atoms. The zero-order valence-electron chi connectivity index (χ0n) is 12.4. The lowest BCUT2D eigenvalue weighted by Crippen LogP contribution is -2.21. The van der Waals surface area contributed by atoms with Crippen LogP contribution >= 0.6 is 0 Å². The summed E-state index contributed by atoms with van der Waals surface area (Å²) in [6.45, 7) is 1.95. The minimum Gasteiger partial charge on any atom is -0.357 e. The van der Waals surface area contributed by atoms with Crippen LogP contribution < -0.4 is 10.2 Å². The second kappa shape index (κ2) is 5.64. The van der Waals surface area contributed by atoms with Gasteiger partial charge in [0.15, 0.2) is 0 Å². The number of fused-ring (bicyclic) bond motifs is 1. The second-order valence-electron chi connectivity index (χ2n) is 5.44. The van der Waals surface area contributed by atoms with Crippen molar-refractivity contribution in [1.82, 2.24) is 25.4 Å². The average molecular weight is 309 g/mol. The van der Waals surface area contributed by atoms with Crippen LogP contribution in [-0.4, -0.2) is 44.4 Å². The molecule has 3 heterocycles. The summed E-state index contributed by atoms with van der Waals surface area (Å²) in [5, 5.41) is 13.4. The fraction of sp³-hybridized carbons (Fsp3) is 0.267. The topological polar surface area (TPSA) is 99.7 Å². The van der Waals surface area contributed by atoms with E-state index in [4.69, 9.17) is 0 Å². The highest BCUT2D eigenvalue weighted by Crippen LogP contribution is 2.19. The first-order valence-electron chi connectivity index (χ1n) is 7.48. The number of carbonyl (C=O) groups excluding carboxylic acids is 1. The summed E-state index contributed by atoms with van der Waals surface area (Å²) in [6, 6.07) is 7.07. The Morgan fingerprint density at radius 1 is 1.09 bits per heavy atom. The number of H-pyrrole nitrogens is 1. The van der Waals surface area contributed by atoms with Crippen molar-refractivity contribution in [3.63, 3.8) is 0 Å². The molecule has 1 aliphatic heterocycles. The number of aromatic amines is 1. The van der Waals surface area contributed by atoms with Gasteiger partial charge in [0.1, 0.15) is 28.9 Å². The molecule has 1 saturated heterocycles. The molecule has 2 aromatic heterocycles. The third-order valence-corrected chi connectivity index (χ3v) is 3.89. The van der Waals surface area contributed by atoms with E-state index in [9.17, 15) is 4.79 Å². The largest absolute Gasteiger partial charge is 0.357 e. The Morgan fingerprint density at radius 3 is 2.78 bits per heavy atom. The maximum Gasteiger partial charge on any atom is 0.274 e. The standard InChI is InChI=1S/C15H15N7O/c23-15(18-10-3-4-11-12(7-10)20-21-19-11)13-8-14(17-9-16-13)22-5-1-2-6-22/h3-4,7-9H,1-2,5-6H2,(H,18,23)(H,19,20,21). The van der Waals surface area contributed by atoms with Crippen LogP contribution in [0.5, 0.6) is 0 Å². The number of hydrogen-bond donors (Lipinski definition) is 2. The summed E-state index contributed by atoms with van der Waals surface area (Å²) in [7, 11) is 0. The first-order valence-corrected chi connectivity index (χ1v) is 7.48. The highest BCUT2D eigenvalue weighted by Gasteiger charge is 2.16. The molecule has 4 rings (SSSR count). The van der Waals surface area contributed by atoms with Crippen molar-refractivity contribution >= 4 is 28.4 Å². The van der Waals surface area contributed by atoms with E-state index < -0.39 is 0 Å². The van der Waals surface area contributed by atoms with E-state index >= 15 is 0 Å². The van der Waals surface area contributed by atoms with Crippen LogP contribution in [0, 0.1) is 0 Å². The van der Waals surface area contributed by atoms with Gasteiger partial charge in [-0.3, -0.25) is 4.79 Å². The maximum atomic E-state index is 12.4. The lowest BCUT2D eigenvalue weighted by atomic mass is 10.2. The number of nitrogens with one attached hydrogen (secondary N) is 2. The average Bonchev–Trinajstić information content (AvgIpc) is 3.26. The van der Waals surface area contributed by atoms with Crippen LogP contribution in [0.25, 0.3) is 11.0 Å². The Labute approximate surface area is 131 Å². The fourth-order valence-corrected chi connectivity index (χ4v) is 2.70. The minimum atomic E-state index is -0.268. The van der Waals surface area contributed by atoms with E-state index in [1.54, 1.807) is 24.3 Å². The summed E-state index contributed by atoms with van der Waals surface area (Å²) in [5.41, 5.74) is 2.45. The summed E-state index contributed by atoms with van der Waals surface area (Å²) < 4.78 is 0. The minimum absolute atomic E-state index is 0.268. The van der Waals surface area contributed by atoms with Crippen molar-refractivity contribution in [2.24, 2.45) is 0 Å². The van der Waals surface area contributed by atoms with Gasteiger partial charge >= 0.3 is 0 Å². The lowest BCUT2D eigenvalue weighted by molar-refractivity contribution is 0.102. The highest BCUT2D eigenvalue weighted by atomic mass is 16.1. The van der Waals surface area contributed by atoms with Crippen molar-refractivity contribution in [1.29, 1.82) is 0 Å². The number of amides is 1. The van der Waals surface area contributed by atoms with Crippen LogP contribution in [0.4, 0.5) is 11.5 Å². The first kappa shape index (κ1) is 13.6. The monoisotopic (exact) mass is 309 g/mol. The summed E-state index contributed by atoms with van der Waals surface area (Å²) in [6.07, 6.45) is 3.75. The molecule has 0 unspecified atom stereocenters. The lowest BCUT2D eigenvalue weighted by Gasteiger charge is -2.16. The van der Waals surface area contributed by atoms with Gasteiger partial charge in [-0.15, -0.1) is 0 Å². The smallest absolute Gasteiger partial charge is 0.274 e. The van der Waals surface area contributed by atoms with Gasteiger partial charge < -0.3 is 10.2 Å². The number of nitrogens with zero attached hydrogens (tertiary/aromatic N) is 5. The predicted molar refractivity (Wildman–Crippen MR) is 85.3 cm³/mol. The third-order valence-electron chi connectivity index (χ3n) is 3.89. The van der Waals surface area contributed by atoms with Crippen molar-refractivity contribution in [2.75, 3.05) is 23.3 Å². The summed E-state index contributed by atoms with van der Waals surface area (Å²) >= 11 is 0. The van der Waals surface area contributed by atoms with E-state index in [0.29, 0.717) is 16.9 Å². The van der Waals surface area contributed by atoms with Crippen LogP contribution in [0.2, 0.25) is 0 Å². The van der Waals surface area contributed by atoms with E-state index in [1.807, 2.05) is 0 Å². The molecule has 0 saturated carbocycles. The van der Waals surface area contributed by atoms with Crippen LogP contribution in [0.15, 0.2) is 30.6 Å². The van der Waals surface area contributed by atoms with Gasteiger partial charge in [0.2, 0.25) is 0 Å². The molecule has 116 valence electrons. The molecule has 1 aromatic carbocycles. The first-order chi connectivity index (χ1) is 11.3. The Hall–Kier alpha value is -3.03. The quantitative estimate of drug-likeness (QED) is 0.762. The van der Waals surface area contributed by atoms with Crippen molar-refractivity contribution in [3.8, 4) is 0 Å². The molecule has 8 heteroatoms.